The third kappa shape index (κ3) is 1.33. The van der Waals surface area contributed by atoms with Gasteiger partial charge in [-0.15, -0.1) is 0 Å². The minimum atomic E-state index is 0.606. The van der Waals surface area contributed by atoms with Gasteiger partial charge in [0.2, 0.25) is 0 Å². The second kappa shape index (κ2) is 2.14. The van der Waals surface area contributed by atoms with Crippen LogP contribution in [0.2, 0.25) is 0 Å². The second-order valence-electron chi connectivity index (χ2n) is 2.91. The van der Waals surface area contributed by atoms with Crippen molar-refractivity contribution in [1.29, 1.82) is 0 Å². The standard InChI is InChI=1S/C8H12O/c1-2-4-7(3-1)5-8-6-9-8/h3,8H,1-2,4-6H2. The molecule has 1 heteroatoms. The first-order valence-electron chi connectivity index (χ1n) is 3.74. The van der Waals surface area contributed by atoms with Gasteiger partial charge in [0, 0.05) is 0 Å². The fourth-order valence-corrected chi connectivity index (χ4v) is 1.40. The van der Waals surface area contributed by atoms with E-state index in [0.717, 1.165) is 6.61 Å². The van der Waals surface area contributed by atoms with Crippen LogP contribution in [-0.4, -0.2) is 12.7 Å². The Bertz CT molecular complexity index is 134. The van der Waals surface area contributed by atoms with Gasteiger partial charge < -0.3 is 4.74 Å². The third-order valence-corrected chi connectivity index (χ3v) is 2.03. The number of allylic oxidation sites excluding steroid dienone is 1. The molecule has 9 heavy (non-hydrogen) atoms. The Morgan fingerprint density at radius 2 is 2.56 bits per heavy atom. The summed E-state index contributed by atoms with van der Waals surface area (Å²) >= 11 is 0. The Morgan fingerprint density at radius 1 is 1.67 bits per heavy atom. The SMILES string of the molecule is C1=C(CC2CO2)CCC1. The molecule has 1 fully saturated rings. The van der Waals surface area contributed by atoms with Crippen LogP contribution in [0.5, 0.6) is 0 Å². The van der Waals surface area contributed by atoms with E-state index in [2.05, 4.69) is 6.08 Å². The summed E-state index contributed by atoms with van der Waals surface area (Å²) in [5.41, 5.74) is 1.64. The molecule has 0 aromatic heterocycles. The zero-order chi connectivity index (χ0) is 6.10. The van der Waals surface area contributed by atoms with Crippen molar-refractivity contribution in [2.75, 3.05) is 6.61 Å². The quantitative estimate of drug-likeness (QED) is 0.404. The van der Waals surface area contributed by atoms with Crippen molar-refractivity contribution >= 4 is 0 Å². The molecule has 50 valence electrons. The lowest BCUT2D eigenvalue weighted by molar-refractivity contribution is 0.406. The van der Waals surface area contributed by atoms with Gasteiger partial charge in [-0.25, -0.2) is 0 Å². The van der Waals surface area contributed by atoms with Crippen LogP contribution < -0.4 is 0 Å². The van der Waals surface area contributed by atoms with Crippen LogP contribution in [-0.2, 0) is 4.74 Å². The van der Waals surface area contributed by atoms with Gasteiger partial charge in [-0.1, -0.05) is 11.6 Å². The molecular formula is C8H12O. The fraction of sp³-hybridized carbons (Fsp3) is 0.750. The highest BCUT2D eigenvalue weighted by Crippen LogP contribution is 2.26. The molecule has 1 atom stereocenters. The van der Waals surface area contributed by atoms with Gasteiger partial charge in [0.1, 0.15) is 0 Å². The maximum Gasteiger partial charge on any atom is 0.0846 e. The van der Waals surface area contributed by atoms with E-state index in [1.165, 1.54) is 25.7 Å². The fourth-order valence-electron chi connectivity index (χ4n) is 1.40. The van der Waals surface area contributed by atoms with Crippen molar-refractivity contribution in [3.63, 3.8) is 0 Å². The molecular weight excluding hydrogens is 112 g/mol. The molecule has 0 radical (unpaired) electrons. The summed E-state index contributed by atoms with van der Waals surface area (Å²) in [6, 6.07) is 0. The average Bonchev–Trinajstić information content (AvgIpc) is 2.46. The lowest BCUT2D eigenvalue weighted by Crippen LogP contribution is -1.86. The highest BCUT2D eigenvalue weighted by molar-refractivity contribution is 5.09. The van der Waals surface area contributed by atoms with Gasteiger partial charge in [-0.3, -0.25) is 0 Å². The summed E-state index contributed by atoms with van der Waals surface area (Å²) in [5.74, 6) is 0. The van der Waals surface area contributed by atoms with Crippen LogP contribution in [0, 0.1) is 0 Å². The predicted molar refractivity (Wildman–Crippen MR) is 36.3 cm³/mol. The highest BCUT2D eigenvalue weighted by Gasteiger charge is 2.23. The molecule has 0 spiro atoms. The van der Waals surface area contributed by atoms with Crippen LogP contribution in [0.1, 0.15) is 25.7 Å². The van der Waals surface area contributed by atoms with Crippen LogP contribution >= 0.6 is 0 Å². The maximum atomic E-state index is 5.13. The second-order valence-corrected chi connectivity index (χ2v) is 2.91. The summed E-state index contributed by atoms with van der Waals surface area (Å²) in [4.78, 5) is 0. The molecule has 1 aliphatic carbocycles. The van der Waals surface area contributed by atoms with E-state index < -0.39 is 0 Å². The molecule has 1 heterocycles. The molecule has 0 saturated carbocycles. The number of hydrogen-bond donors (Lipinski definition) is 0. The third-order valence-electron chi connectivity index (χ3n) is 2.03. The van der Waals surface area contributed by atoms with Gasteiger partial charge in [0.25, 0.3) is 0 Å². The number of hydrogen-bond acceptors (Lipinski definition) is 1. The molecule has 1 saturated heterocycles. The Morgan fingerprint density at radius 3 is 3.11 bits per heavy atom. The van der Waals surface area contributed by atoms with E-state index in [4.69, 9.17) is 4.74 Å². The van der Waals surface area contributed by atoms with Crippen LogP contribution in [0.25, 0.3) is 0 Å². The van der Waals surface area contributed by atoms with Crippen molar-refractivity contribution in [2.45, 2.75) is 31.8 Å². The normalized spacial score (nSPS) is 32.4. The molecule has 2 rings (SSSR count). The lowest BCUT2D eigenvalue weighted by Gasteiger charge is -1.93. The van der Waals surface area contributed by atoms with Crippen LogP contribution in [0.3, 0.4) is 0 Å². The predicted octanol–water partition coefficient (Wildman–Crippen LogP) is 1.89. The molecule has 0 bridgehead atoms. The van der Waals surface area contributed by atoms with E-state index in [9.17, 15) is 0 Å². The van der Waals surface area contributed by atoms with E-state index in [1.807, 2.05) is 0 Å². The Balaban J connectivity index is 1.82. The number of rotatable bonds is 2. The summed E-state index contributed by atoms with van der Waals surface area (Å²) in [6.45, 7) is 1.01. The lowest BCUT2D eigenvalue weighted by atomic mass is 10.1. The maximum absolute atomic E-state index is 5.13. The van der Waals surface area contributed by atoms with Crippen molar-refractivity contribution in [1.82, 2.24) is 0 Å². The minimum Gasteiger partial charge on any atom is -0.373 e. The van der Waals surface area contributed by atoms with Crippen LogP contribution in [0.15, 0.2) is 11.6 Å². The smallest absolute Gasteiger partial charge is 0.0846 e. The Kier molecular flexibility index (Phi) is 1.31. The highest BCUT2D eigenvalue weighted by atomic mass is 16.6. The monoisotopic (exact) mass is 124 g/mol. The zero-order valence-corrected chi connectivity index (χ0v) is 5.60. The van der Waals surface area contributed by atoms with Crippen molar-refractivity contribution in [3.05, 3.63) is 11.6 Å². The van der Waals surface area contributed by atoms with Gasteiger partial charge in [-0.2, -0.15) is 0 Å². The Hall–Kier alpha value is -0.300. The molecule has 0 N–H and O–H groups in total. The first kappa shape index (κ1) is 5.48. The largest absolute Gasteiger partial charge is 0.373 e. The molecule has 0 amide bonds. The molecule has 0 aromatic rings. The van der Waals surface area contributed by atoms with E-state index in [0.29, 0.717) is 6.10 Å². The average molecular weight is 124 g/mol. The summed E-state index contributed by atoms with van der Waals surface area (Å²) in [7, 11) is 0. The van der Waals surface area contributed by atoms with Crippen molar-refractivity contribution < 1.29 is 4.74 Å². The minimum absolute atomic E-state index is 0.606. The summed E-state index contributed by atoms with van der Waals surface area (Å²) in [6.07, 6.45) is 8.22. The van der Waals surface area contributed by atoms with E-state index in [-0.39, 0.29) is 0 Å². The molecule has 1 unspecified atom stereocenters. The van der Waals surface area contributed by atoms with E-state index >= 15 is 0 Å². The van der Waals surface area contributed by atoms with Gasteiger partial charge in [-0.05, 0) is 25.7 Å². The number of epoxide rings is 1. The zero-order valence-electron chi connectivity index (χ0n) is 5.60. The van der Waals surface area contributed by atoms with Gasteiger partial charge in [0.05, 0.1) is 12.7 Å². The van der Waals surface area contributed by atoms with E-state index in [1.54, 1.807) is 5.57 Å². The molecule has 1 aliphatic heterocycles. The first-order valence-corrected chi connectivity index (χ1v) is 3.74. The first-order chi connectivity index (χ1) is 4.45. The molecule has 2 aliphatic rings. The topological polar surface area (TPSA) is 12.5 Å². The molecule has 1 nitrogen and oxygen atoms in total. The Labute approximate surface area is 55.7 Å². The number of ether oxygens (including phenoxy) is 1. The summed E-state index contributed by atoms with van der Waals surface area (Å²) < 4.78 is 5.13. The summed E-state index contributed by atoms with van der Waals surface area (Å²) in [5, 5.41) is 0. The van der Waals surface area contributed by atoms with Crippen molar-refractivity contribution in [2.24, 2.45) is 0 Å². The van der Waals surface area contributed by atoms with Crippen LogP contribution in [0.4, 0.5) is 0 Å². The molecule has 0 aromatic carbocycles. The van der Waals surface area contributed by atoms with Gasteiger partial charge in [0.15, 0.2) is 0 Å². The van der Waals surface area contributed by atoms with Gasteiger partial charge >= 0.3 is 0 Å². The van der Waals surface area contributed by atoms with Crippen molar-refractivity contribution in [3.8, 4) is 0 Å².